The summed E-state index contributed by atoms with van der Waals surface area (Å²) in [5, 5.41) is 6.27. The molecule has 3 rings (SSSR count). The Kier molecular flexibility index (Phi) is 6.02. The molecule has 0 saturated carbocycles. The van der Waals surface area contributed by atoms with Crippen molar-refractivity contribution in [1.82, 2.24) is 9.78 Å². The van der Waals surface area contributed by atoms with Gasteiger partial charge in [0.05, 0.1) is 17.7 Å². The van der Waals surface area contributed by atoms with Crippen LogP contribution in [0.4, 0.5) is 5.69 Å². The first-order valence-electron chi connectivity index (χ1n) is 9.05. The van der Waals surface area contributed by atoms with Crippen LogP contribution in [0.15, 0.2) is 69.3 Å². The van der Waals surface area contributed by atoms with E-state index in [4.69, 9.17) is 4.74 Å². The number of amides is 1. The Bertz CT molecular complexity index is 1270. The van der Waals surface area contributed by atoms with E-state index in [0.717, 1.165) is 27.9 Å². The number of nitrogens with zero attached hydrogens (tertiary/aromatic N) is 2. The van der Waals surface area contributed by atoms with Gasteiger partial charge in [0.15, 0.2) is 5.03 Å². The second-order valence-corrected chi connectivity index (χ2v) is 8.64. The number of benzene rings is 2. The maximum Gasteiger partial charge on any atom is 0.267 e. The van der Waals surface area contributed by atoms with Crippen LogP contribution in [0.2, 0.25) is 0 Å². The van der Waals surface area contributed by atoms with E-state index >= 15 is 0 Å². The Labute approximate surface area is 174 Å². The molecule has 0 saturated heterocycles. The smallest absolute Gasteiger partial charge is 0.267 e. The average Bonchev–Trinajstić information content (AvgIpc) is 2.69. The zero-order valence-corrected chi connectivity index (χ0v) is 17.6. The van der Waals surface area contributed by atoms with Crippen LogP contribution in [0.1, 0.15) is 11.1 Å². The van der Waals surface area contributed by atoms with Crippen molar-refractivity contribution in [1.29, 1.82) is 0 Å². The van der Waals surface area contributed by atoms with Gasteiger partial charge in [-0.1, -0.05) is 18.2 Å². The van der Waals surface area contributed by atoms with E-state index in [2.05, 4.69) is 10.4 Å². The molecule has 0 aliphatic rings. The number of sulfone groups is 1. The first-order chi connectivity index (χ1) is 14.2. The average molecular weight is 427 g/mol. The van der Waals surface area contributed by atoms with Gasteiger partial charge in [0, 0.05) is 6.07 Å². The molecule has 0 bridgehead atoms. The summed E-state index contributed by atoms with van der Waals surface area (Å²) in [6, 6.07) is 13.9. The molecule has 1 heterocycles. The molecule has 0 atom stereocenters. The Balaban J connectivity index is 1.88. The van der Waals surface area contributed by atoms with Gasteiger partial charge in [-0.2, -0.15) is 5.10 Å². The van der Waals surface area contributed by atoms with Crippen LogP contribution in [-0.4, -0.2) is 31.2 Å². The fraction of sp³-hybridized carbons (Fsp3) is 0.190. The third-order valence-corrected chi connectivity index (χ3v) is 5.98. The standard InChI is InChI=1S/C21H21N3O5S/c1-14-5-4-6-16(11-14)30(27,28)20-9-10-21(26)24(23-20)13-19(25)22-17-12-15(2)7-8-18(17)29-3/h4-12H,13H2,1-3H3,(H,22,25). The molecule has 0 radical (unpaired) electrons. The number of anilines is 1. The van der Waals surface area contributed by atoms with E-state index in [1.807, 2.05) is 13.0 Å². The van der Waals surface area contributed by atoms with Crippen molar-refractivity contribution >= 4 is 21.4 Å². The fourth-order valence-electron chi connectivity index (χ4n) is 2.84. The molecule has 30 heavy (non-hydrogen) atoms. The number of nitrogens with one attached hydrogen (secondary N) is 1. The molecule has 3 aromatic rings. The molecular formula is C21H21N3O5S. The summed E-state index contributed by atoms with van der Waals surface area (Å²) >= 11 is 0. The van der Waals surface area contributed by atoms with Gasteiger partial charge in [0.25, 0.3) is 5.56 Å². The maximum atomic E-state index is 12.9. The van der Waals surface area contributed by atoms with Crippen LogP contribution >= 0.6 is 0 Å². The fourth-order valence-corrected chi connectivity index (χ4v) is 4.13. The number of hydrogen-bond acceptors (Lipinski definition) is 6. The lowest BCUT2D eigenvalue weighted by molar-refractivity contribution is -0.117. The van der Waals surface area contributed by atoms with Crippen molar-refractivity contribution in [2.75, 3.05) is 12.4 Å². The lowest BCUT2D eigenvalue weighted by atomic mass is 10.2. The lowest BCUT2D eigenvalue weighted by Gasteiger charge is -2.12. The first kappa shape index (κ1) is 21.3. The zero-order valence-electron chi connectivity index (χ0n) is 16.7. The number of ether oxygens (including phenoxy) is 1. The number of aromatic nitrogens is 2. The topological polar surface area (TPSA) is 107 Å². The quantitative estimate of drug-likeness (QED) is 0.647. The van der Waals surface area contributed by atoms with Crippen LogP contribution in [0.5, 0.6) is 5.75 Å². The van der Waals surface area contributed by atoms with Crippen LogP contribution in [0.25, 0.3) is 0 Å². The molecular weight excluding hydrogens is 406 g/mol. The van der Waals surface area contributed by atoms with Gasteiger partial charge >= 0.3 is 0 Å². The monoisotopic (exact) mass is 427 g/mol. The van der Waals surface area contributed by atoms with Crippen LogP contribution < -0.4 is 15.6 Å². The highest BCUT2D eigenvalue weighted by molar-refractivity contribution is 7.91. The van der Waals surface area contributed by atoms with Crippen molar-refractivity contribution < 1.29 is 17.9 Å². The van der Waals surface area contributed by atoms with Gasteiger partial charge in [-0.05, 0) is 55.3 Å². The van der Waals surface area contributed by atoms with Gasteiger partial charge in [-0.25, -0.2) is 13.1 Å². The van der Waals surface area contributed by atoms with Gasteiger partial charge < -0.3 is 10.1 Å². The van der Waals surface area contributed by atoms with Gasteiger partial charge in [-0.3, -0.25) is 9.59 Å². The van der Waals surface area contributed by atoms with Crippen molar-refractivity contribution in [2.24, 2.45) is 0 Å². The van der Waals surface area contributed by atoms with E-state index in [1.165, 1.54) is 19.2 Å². The number of rotatable bonds is 6. The van der Waals surface area contributed by atoms with E-state index in [-0.39, 0.29) is 9.92 Å². The first-order valence-corrected chi connectivity index (χ1v) is 10.5. The maximum absolute atomic E-state index is 12.9. The summed E-state index contributed by atoms with van der Waals surface area (Å²) in [5.41, 5.74) is 1.53. The minimum Gasteiger partial charge on any atom is -0.495 e. The summed E-state index contributed by atoms with van der Waals surface area (Å²) < 4.78 is 31.7. The second kappa shape index (κ2) is 8.50. The number of methoxy groups -OCH3 is 1. The van der Waals surface area contributed by atoms with Crippen molar-refractivity contribution in [2.45, 2.75) is 30.3 Å². The van der Waals surface area contributed by atoms with Crippen LogP contribution in [0, 0.1) is 13.8 Å². The predicted molar refractivity (Wildman–Crippen MR) is 111 cm³/mol. The highest BCUT2D eigenvalue weighted by Crippen LogP contribution is 2.25. The SMILES string of the molecule is COc1ccc(C)cc1NC(=O)Cn1nc(S(=O)(=O)c2cccc(C)c2)ccc1=O. The number of aryl methyl sites for hydroxylation is 2. The molecule has 0 aliphatic heterocycles. The molecule has 9 heteroatoms. The van der Waals surface area contributed by atoms with E-state index in [1.54, 1.807) is 31.2 Å². The molecule has 0 spiro atoms. The summed E-state index contributed by atoms with van der Waals surface area (Å²) in [6.45, 7) is 3.19. The van der Waals surface area contributed by atoms with Gasteiger partial charge in [0.2, 0.25) is 15.7 Å². The normalized spacial score (nSPS) is 11.2. The zero-order chi connectivity index (χ0) is 21.9. The molecule has 1 aromatic heterocycles. The molecule has 0 unspecified atom stereocenters. The number of hydrogen-bond donors (Lipinski definition) is 1. The Hall–Kier alpha value is -3.46. The Morgan fingerprint density at radius 3 is 2.50 bits per heavy atom. The van der Waals surface area contributed by atoms with Crippen LogP contribution in [0.3, 0.4) is 0 Å². The molecule has 156 valence electrons. The molecule has 0 aliphatic carbocycles. The number of carbonyl (C=O) groups excluding carboxylic acids is 1. The minimum atomic E-state index is -3.93. The minimum absolute atomic E-state index is 0.0640. The van der Waals surface area contributed by atoms with Crippen LogP contribution in [-0.2, 0) is 21.2 Å². The summed E-state index contributed by atoms with van der Waals surface area (Å²) in [5.74, 6) is -0.0800. The summed E-state index contributed by atoms with van der Waals surface area (Å²) in [7, 11) is -2.46. The van der Waals surface area contributed by atoms with E-state index in [9.17, 15) is 18.0 Å². The van der Waals surface area contributed by atoms with Crippen molar-refractivity contribution in [3.05, 3.63) is 76.1 Å². The van der Waals surface area contributed by atoms with Crippen molar-refractivity contribution in [3.63, 3.8) is 0 Å². The highest BCUT2D eigenvalue weighted by Gasteiger charge is 2.21. The third kappa shape index (κ3) is 4.57. The third-order valence-electron chi connectivity index (χ3n) is 4.34. The van der Waals surface area contributed by atoms with E-state index < -0.39 is 27.8 Å². The molecule has 2 aromatic carbocycles. The molecule has 1 N–H and O–H groups in total. The predicted octanol–water partition coefficient (Wildman–Crippen LogP) is 2.34. The highest BCUT2D eigenvalue weighted by atomic mass is 32.2. The van der Waals surface area contributed by atoms with Gasteiger partial charge in [-0.15, -0.1) is 0 Å². The largest absolute Gasteiger partial charge is 0.495 e. The Morgan fingerprint density at radius 2 is 1.80 bits per heavy atom. The summed E-state index contributed by atoms with van der Waals surface area (Å²) in [4.78, 5) is 24.7. The van der Waals surface area contributed by atoms with Gasteiger partial charge in [0.1, 0.15) is 12.3 Å². The number of carbonyl (C=O) groups is 1. The lowest BCUT2D eigenvalue weighted by Crippen LogP contribution is -2.30. The molecule has 8 nitrogen and oxygen atoms in total. The molecule has 1 amide bonds. The second-order valence-electron chi connectivity index (χ2n) is 6.74. The summed E-state index contributed by atoms with van der Waals surface area (Å²) in [6.07, 6.45) is 0. The molecule has 0 fully saturated rings. The van der Waals surface area contributed by atoms with Crippen molar-refractivity contribution in [3.8, 4) is 5.75 Å². The Morgan fingerprint density at radius 1 is 1.07 bits per heavy atom. The van der Waals surface area contributed by atoms with E-state index in [0.29, 0.717) is 11.4 Å².